The highest BCUT2D eigenvalue weighted by molar-refractivity contribution is 6.04. The van der Waals surface area contributed by atoms with Gasteiger partial charge in [0.05, 0.1) is 0 Å². The second kappa shape index (κ2) is 4.13. The van der Waals surface area contributed by atoms with Crippen molar-refractivity contribution in [1.82, 2.24) is 0 Å². The number of hydrogen-bond donors (Lipinski definition) is 0. The van der Waals surface area contributed by atoms with Crippen LogP contribution < -0.4 is 0 Å². The first-order valence-electron chi connectivity index (χ1n) is 4.15. The lowest BCUT2D eigenvalue weighted by Gasteiger charge is -1.97. The minimum atomic E-state index is -1.00. The maximum Gasteiger partial charge on any atom is 0.185 e. The van der Waals surface area contributed by atoms with Crippen LogP contribution in [0.5, 0.6) is 0 Å². The highest BCUT2D eigenvalue weighted by Crippen LogP contribution is 2.10. The normalized spacial score (nSPS) is 9.71. The molecule has 0 amide bonds. The molecule has 3 heteroatoms. The van der Waals surface area contributed by atoms with Crippen molar-refractivity contribution in [2.24, 2.45) is 0 Å². The van der Waals surface area contributed by atoms with E-state index in [9.17, 15) is 13.6 Å². The van der Waals surface area contributed by atoms with Crippen LogP contribution >= 0.6 is 0 Å². The zero-order chi connectivity index (χ0) is 10.7. The van der Waals surface area contributed by atoms with Gasteiger partial charge in [-0.25, -0.2) is 8.78 Å². The number of halogens is 2. The van der Waals surface area contributed by atoms with Crippen molar-refractivity contribution in [3.05, 3.63) is 47.0 Å². The van der Waals surface area contributed by atoms with Gasteiger partial charge in [0.1, 0.15) is 0 Å². The van der Waals surface area contributed by atoms with Gasteiger partial charge in [-0.05, 0) is 38.1 Å². The molecule has 0 heterocycles. The zero-order valence-corrected chi connectivity index (χ0v) is 7.97. The summed E-state index contributed by atoms with van der Waals surface area (Å²) in [4.78, 5) is 11.4. The number of allylic oxidation sites excluding steroid dienone is 2. The second-order valence-corrected chi connectivity index (χ2v) is 3.21. The van der Waals surface area contributed by atoms with Gasteiger partial charge >= 0.3 is 0 Å². The largest absolute Gasteiger partial charge is 0.289 e. The van der Waals surface area contributed by atoms with Gasteiger partial charge in [-0.3, -0.25) is 4.79 Å². The topological polar surface area (TPSA) is 17.1 Å². The molecule has 0 saturated carbocycles. The quantitative estimate of drug-likeness (QED) is 0.524. The van der Waals surface area contributed by atoms with Crippen LogP contribution in [0.1, 0.15) is 24.2 Å². The van der Waals surface area contributed by atoms with Gasteiger partial charge in [-0.1, -0.05) is 5.57 Å². The Morgan fingerprint density at radius 3 is 2.36 bits per heavy atom. The average molecular weight is 196 g/mol. The molecule has 0 aliphatic rings. The van der Waals surface area contributed by atoms with Crippen molar-refractivity contribution in [1.29, 1.82) is 0 Å². The number of ketones is 1. The molecule has 1 nitrogen and oxygen atoms in total. The first-order valence-corrected chi connectivity index (χ1v) is 4.15. The maximum atomic E-state index is 12.7. The molecule has 0 bridgehead atoms. The third-order valence-corrected chi connectivity index (χ3v) is 1.62. The third kappa shape index (κ3) is 2.49. The average Bonchev–Trinajstić information content (AvgIpc) is 2.08. The minimum Gasteiger partial charge on any atom is -0.289 e. The van der Waals surface area contributed by atoms with Crippen LogP contribution in [-0.2, 0) is 0 Å². The van der Waals surface area contributed by atoms with E-state index in [1.54, 1.807) is 13.8 Å². The summed E-state index contributed by atoms with van der Waals surface area (Å²) in [7, 11) is 0. The lowest BCUT2D eigenvalue weighted by Crippen LogP contribution is -1.97. The zero-order valence-electron chi connectivity index (χ0n) is 7.97. The molecule has 0 unspecified atom stereocenters. The van der Waals surface area contributed by atoms with E-state index in [4.69, 9.17) is 0 Å². The lowest BCUT2D eigenvalue weighted by atomic mass is 10.1. The number of hydrogen-bond acceptors (Lipinski definition) is 1. The van der Waals surface area contributed by atoms with E-state index in [0.29, 0.717) is 0 Å². The molecule has 0 spiro atoms. The van der Waals surface area contributed by atoms with E-state index < -0.39 is 11.6 Å². The molecule has 0 atom stereocenters. The Balaban J connectivity index is 3.03. The summed E-state index contributed by atoms with van der Waals surface area (Å²) >= 11 is 0. The van der Waals surface area contributed by atoms with Gasteiger partial charge in [0.2, 0.25) is 0 Å². The summed E-state index contributed by atoms with van der Waals surface area (Å²) in [6.45, 7) is 3.52. The SMILES string of the molecule is CC(C)=CC(=O)c1ccc(F)c(F)c1. The van der Waals surface area contributed by atoms with Gasteiger partial charge in [-0.2, -0.15) is 0 Å². The second-order valence-electron chi connectivity index (χ2n) is 3.21. The van der Waals surface area contributed by atoms with Gasteiger partial charge < -0.3 is 0 Å². The lowest BCUT2D eigenvalue weighted by molar-refractivity contribution is 0.104. The third-order valence-electron chi connectivity index (χ3n) is 1.62. The summed E-state index contributed by atoms with van der Waals surface area (Å²) in [6.07, 6.45) is 1.38. The highest BCUT2D eigenvalue weighted by atomic mass is 19.2. The van der Waals surface area contributed by atoms with Crippen molar-refractivity contribution in [2.45, 2.75) is 13.8 Å². The van der Waals surface area contributed by atoms with E-state index in [1.165, 1.54) is 12.1 Å². The molecule has 74 valence electrons. The summed E-state index contributed by atoms with van der Waals surface area (Å²) in [5.41, 5.74) is 0.977. The number of carbonyl (C=O) groups is 1. The Morgan fingerprint density at radius 1 is 1.21 bits per heavy atom. The number of benzene rings is 1. The smallest absolute Gasteiger partial charge is 0.185 e. The molecule has 0 aliphatic carbocycles. The van der Waals surface area contributed by atoms with Gasteiger partial charge in [0.25, 0.3) is 0 Å². The minimum absolute atomic E-state index is 0.158. The maximum absolute atomic E-state index is 12.7. The van der Waals surface area contributed by atoms with E-state index in [-0.39, 0.29) is 11.3 Å². The Kier molecular flexibility index (Phi) is 3.12. The van der Waals surface area contributed by atoms with Gasteiger partial charge in [0.15, 0.2) is 17.4 Å². The van der Waals surface area contributed by atoms with Gasteiger partial charge in [-0.15, -0.1) is 0 Å². The molecule has 1 rings (SSSR count). The molecule has 0 saturated heterocycles. The van der Waals surface area contributed by atoms with Crippen LogP contribution in [0.4, 0.5) is 8.78 Å². The van der Waals surface area contributed by atoms with E-state index in [0.717, 1.165) is 17.7 Å². The molecule has 0 N–H and O–H groups in total. The molecule has 0 fully saturated rings. The molecule has 1 aromatic carbocycles. The fourth-order valence-electron chi connectivity index (χ4n) is 0.995. The Morgan fingerprint density at radius 2 is 1.86 bits per heavy atom. The Hall–Kier alpha value is -1.51. The van der Waals surface area contributed by atoms with Crippen LogP contribution in [0.3, 0.4) is 0 Å². The predicted molar refractivity (Wildman–Crippen MR) is 50.1 cm³/mol. The fourth-order valence-corrected chi connectivity index (χ4v) is 0.995. The van der Waals surface area contributed by atoms with E-state index >= 15 is 0 Å². The summed E-state index contributed by atoms with van der Waals surface area (Å²) < 4.78 is 25.3. The standard InChI is InChI=1S/C11H10F2O/c1-7(2)5-11(14)8-3-4-9(12)10(13)6-8/h3-6H,1-2H3. The van der Waals surface area contributed by atoms with Crippen LogP contribution in [0.25, 0.3) is 0 Å². The van der Waals surface area contributed by atoms with Crippen LogP contribution in [0.15, 0.2) is 29.8 Å². The van der Waals surface area contributed by atoms with Crippen LogP contribution in [0, 0.1) is 11.6 Å². The first-order chi connectivity index (χ1) is 6.50. The summed E-state index contributed by atoms with van der Waals surface area (Å²) in [5.74, 6) is -2.26. The molecule has 14 heavy (non-hydrogen) atoms. The van der Waals surface area contributed by atoms with Crippen molar-refractivity contribution < 1.29 is 13.6 Å². The molecule has 0 aliphatic heterocycles. The summed E-state index contributed by atoms with van der Waals surface area (Å²) in [6, 6.07) is 3.11. The van der Waals surface area contributed by atoms with E-state index in [1.807, 2.05) is 0 Å². The number of rotatable bonds is 2. The molecule has 0 radical (unpaired) electrons. The molecule has 1 aromatic rings. The van der Waals surface area contributed by atoms with E-state index in [2.05, 4.69) is 0 Å². The van der Waals surface area contributed by atoms with Crippen LogP contribution in [0.2, 0.25) is 0 Å². The monoisotopic (exact) mass is 196 g/mol. The Labute approximate surface area is 81.1 Å². The first kappa shape index (κ1) is 10.6. The van der Waals surface area contributed by atoms with Crippen molar-refractivity contribution in [3.63, 3.8) is 0 Å². The molecular formula is C11H10F2O. The predicted octanol–water partition coefficient (Wildman–Crippen LogP) is 3.11. The molecular weight excluding hydrogens is 186 g/mol. The summed E-state index contributed by atoms with van der Waals surface area (Å²) in [5, 5.41) is 0. The Bertz CT molecular complexity index is 390. The van der Waals surface area contributed by atoms with Crippen molar-refractivity contribution in [3.8, 4) is 0 Å². The van der Waals surface area contributed by atoms with Crippen LogP contribution in [-0.4, -0.2) is 5.78 Å². The van der Waals surface area contributed by atoms with Crippen molar-refractivity contribution >= 4 is 5.78 Å². The number of carbonyl (C=O) groups excluding carboxylic acids is 1. The van der Waals surface area contributed by atoms with Crippen molar-refractivity contribution in [2.75, 3.05) is 0 Å². The highest BCUT2D eigenvalue weighted by Gasteiger charge is 2.06. The van der Waals surface area contributed by atoms with Gasteiger partial charge in [0, 0.05) is 5.56 Å². The molecule has 0 aromatic heterocycles. The fraction of sp³-hybridized carbons (Fsp3) is 0.182.